The van der Waals surface area contributed by atoms with Crippen LogP contribution in [0.15, 0.2) is 41.5 Å². The van der Waals surface area contributed by atoms with E-state index in [-0.39, 0.29) is 5.56 Å². The van der Waals surface area contributed by atoms with Gasteiger partial charge in [0.05, 0.1) is 18.8 Å². The van der Waals surface area contributed by atoms with Gasteiger partial charge in [-0.25, -0.2) is 0 Å². The van der Waals surface area contributed by atoms with Crippen LogP contribution in [0, 0.1) is 0 Å². The first-order chi connectivity index (χ1) is 11.7. The Balaban J connectivity index is 2.11. The molecule has 5 nitrogen and oxygen atoms in total. The lowest BCUT2D eigenvalue weighted by atomic mass is 9.96. The lowest BCUT2D eigenvalue weighted by Crippen LogP contribution is -2.28. The fourth-order valence-corrected chi connectivity index (χ4v) is 3.61. The zero-order valence-electron chi connectivity index (χ0n) is 13.7. The normalized spacial score (nSPS) is 13.1. The molecule has 2 aromatic heterocycles. The lowest BCUT2D eigenvalue weighted by molar-refractivity contribution is 0.168. The molecule has 0 saturated heterocycles. The quantitative estimate of drug-likeness (QED) is 0.744. The van der Waals surface area contributed by atoms with Crippen LogP contribution in [0.5, 0.6) is 5.75 Å². The van der Waals surface area contributed by atoms with Crippen molar-refractivity contribution in [3.63, 3.8) is 0 Å². The zero-order chi connectivity index (χ0) is 16.7. The first-order valence-electron chi connectivity index (χ1n) is 7.98. The van der Waals surface area contributed by atoms with Crippen LogP contribution in [-0.4, -0.2) is 23.9 Å². The Bertz CT molecular complexity index is 992. The maximum Gasteiger partial charge on any atom is 0.287 e. The molecule has 0 radical (unpaired) electrons. The largest absolute Gasteiger partial charge is 0.495 e. The molecule has 0 N–H and O–H groups in total. The SMILES string of the molecule is COc1cncc(-c2cccc3c2c2c(c(=O)n3OC)CCC2)c1. The lowest BCUT2D eigenvalue weighted by Gasteiger charge is -2.16. The summed E-state index contributed by atoms with van der Waals surface area (Å²) < 4.78 is 6.70. The highest BCUT2D eigenvalue weighted by atomic mass is 16.6. The fourth-order valence-electron chi connectivity index (χ4n) is 3.61. The van der Waals surface area contributed by atoms with Gasteiger partial charge in [-0.15, -0.1) is 4.73 Å². The summed E-state index contributed by atoms with van der Waals surface area (Å²) in [6.07, 6.45) is 6.22. The number of aromatic nitrogens is 2. The zero-order valence-corrected chi connectivity index (χ0v) is 13.7. The molecule has 4 rings (SSSR count). The molecule has 24 heavy (non-hydrogen) atoms. The number of benzene rings is 1. The second kappa shape index (κ2) is 5.67. The number of aryl methyl sites for hydroxylation is 1. The van der Waals surface area contributed by atoms with Crippen LogP contribution in [0.2, 0.25) is 0 Å². The van der Waals surface area contributed by atoms with E-state index in [2.05, 4.69) is 11.1 Å². The number of ether oxygens (including phenoxy) is 1. The molecule has 1 aromatic carbocycles. The molecule has 1 aliphatic carbocycles. The monoisotopic (exact) mass is 322 g/mol. The Morgan fingerprint density at radius 1 is 1.12 bits per heavy atom. The minimum atomic E-state index is -0.0431. The molecular formula is C19H18N2O3. The van der Waals surface area contributed by atoms with E-state index in [0.717, 1.165) is 52.4 Å². The van der Waals surface area contributed by atoms with Crippen molar-refractivity contribution < 1.29 is 9.57 Å². The molecule has 3 aromatic rings. The van der Waals surface area contributed by atoms with Gasteiger partial charge in [0, 0.05) is 22.7 Å². The predicted molar refractivity (Wildman–Crippen MR) is 92.5 cm³/mol. The van der Waals surface area contributed by atoms with E-state index in [1.54, 1.807) is 13.3 Å². The summed E-state index contributed by atoms with van der Waals surface area (Å²) >= 11 is 0. The van der Waals surface area contributed by atoms with Crippen molar-refractivity contribution in [2.24, 2.45) is 0 Å². The van der Waals surface area contributed by atoms with E-state index < -0.39 is 0 Å². The van der Waals surface area contributed by atoms with E-state index in [1.165, 1.54) is 11.8 Å². The molecule has 0 amide bonds. The third kappa shape index (κ3) is 2.08. The van der Waals surface area contributed by atoms with Gasteiger partial charge in [0.1, 0.15) is 12.9 Å². The van der Waals surface area contributed by atoms with Crippen molar-refractivity contribution in [1.82, 2.24) is 9.71 Å². The molecule has 0 unspecified atom stereocenters. The number of rotatable bonds is 3. The standard InChI is InChI=1S/C19H18N2O3/c1-23-13-9-12(10-20-11-13)14-5-4-8-17-18(14)15-6-3-7-16(15)19(22)21(17)24-2/h4-5,8-11H,3,6-7H2,1-2H3. The minimum Gasteiger partial charge on any atom is -0.495 e. The van der Waals surface area contributed by atoms with Gasteiger partial charge in [0.25, 0.3) is 5.56 Å². The third-order valence-corrected chi connectivity index (χ3v) is 4.67. The third-order valence-electron chi connectivity index (χ3n) is 4.67. The van der Waals surface area contributed by atoms with Gasteiger partial charge in [-0.05, 0) is 42.5 Å². The average Bonchev–Trinajstić information content (AvgIpc) is 3.12. The highest BCUT2D eigenvalue weighted by Gasteiger charge is 2.23. The number of methoxy groups -OCH3 is 1. The van der Waals surface area contributed by atoms with E-state index in [0.29, 0.717) is 5.75 Å². The van der Waals surface area contributed by atoms with Gasteiger partial charge in [-0.2, -0.15) is 0 Å². The highest BCUT2D eigenvalue weighted by molar-refractivity contribution is 5.98. The molecule has 1 aliphatic rings. The minimum absolute atomic E-state index is 0.0431. The summed E-state index contributed by atoms with van der Waals surface area (Å²) in [5.74, 6) is 0.709. The highest BCUT2D eigenvalue weighted by Crippen LogP contribution is 2.35. The maximum atomic E-state index is 12.7. The maximum absolute atomic E-state index is 12.7. The van der Waals surface area contributed by atoms with Gasteiger partial charge in [-0.3, -0.25) is 9.78 Å². The van der Waals surface area contributed by atoms with Crippen LogP contribution in [0.25, 0.3) is 22.0 Å². The molecule has 0 atom stereocenters. The van der Waals surface area contributed by atoms with Crippen LogP contribution in [-0.2, 0) is 12.8 Å². The fraction of sp³-hybridized carbons (Fsp3) is 0.263. The van der Waals surface area contributed by atoms with Crippen molar-refractivity contribution in [3.8, 4) is 16.9 Å². The number of hydrogen-bond acceptors (Lipinski definition) is 4. The van der Waals surface area contributed by atoms with Gasteiger partial charge in [0.2, 0.25) is 0 Å². The molecule has 0 fully saturated rings. The average molecular weight is 322 g/mol. The molecule has 122 valence electrons. The van der Waals surface area contributed by atoms with Crippen LogP contribution in [0.3, 0.4) is 0 Å². The van der Waals surface area contributed by atoms with E-state index in [9.17, 15) is 4.79 Å². The Labute approximate surface area is 139 Å². The first kappa shape index (κ1) is 14.8. The molecular weight excluding hydrogens is 304 g/mol. The summed E-state index contributed by atoms with van der Waals surface area (Å²) in [6, 6.07) is 7.89. The molecule has 0 aliphatic heterocycles. The van der Waals surface area contributed by atoms with E-state index in [1.807, 2.05) is 24.4 Å². The van der Waals surface area contributed by atoms with Gasteiger partial charge >= 0.3 is 0 Å². The summed E-state index contributed by atoms with van der Waals surface area (Å²) in [7, 11) is 3.16. The second-order valence-corrected chi connectivity index (χ2v) is 5.91. The first-order valence-corrected chi connectivity index (χ1v) is 7.98. The number of pyridine rings is 2. The van der Waals surface area contributed by atoms with Gasteiger partial charge < -0.3 is 9.57 Å². The van der Waals surface area contributed by atoms with E-state index in [4.69, 9.17) is 9.57 Å². The summed E-state index contributed by atoms with van der Waals surface area (Å²) in [4.78, 5) is 22.3. The Kier molecular flexibility index (Phi) is 3.49. The predicted octanol–water partition coefficient (Wildman–Crippen LogP) is 2.62. The van der Waals surface area contributed by atoms with Crippen LogP contribution >= 0.6 is 0 Å². The van der Waals surface area contributed by atoms with Crippen LogP contribution in [0.4, 0.5) is 0 Å². The van der Waals surface area contributed by atoms with Crippen molar-refractivity contribution >= 4 is 10.9 Å². The van der Waals surface area contributed by atoms with Gasteiger partial charge in [-0.1, -0.05) is 12.1 Å². The van der Waals surface area contributed by atoms with Crippen LogP contribution in [0.1, 0.15) is 17.5 Å². The van der Waals surface area contributed by atoms with Gasteiger partial charge in [0.15, 0.2) is 0 Å². The molecule has 5 heteroatoms. The van der Waals surface area contributed by atoms with Crippen LogP contribution < -0.4 is 15.1 Å². The smallest absolute Gasteiger partial charge is 0.287 e. The molecule has 0 spiro atoms. The molecule has 2 heterocycles. The summed E-state index contributed by atoms with van der Waals surface area (Å²) in [5, 5.41) is 1.07. The number of hydrogen-bond donors (Lipinski definition) is 0. The second-order valence-electron chi connectivity index (χ2n) is 5.91. The van der Waals surface area contributed by atoms with Crippen molar-refractivity contribution in [3.05, 3.63) is 58.1 Å². The number of fused-ring (bicyclic) bond motifs is 3. The van der Waals surface area contributed by atoms with E-state index >= 15 is 0 Å². The van der Waals surface area contributed by atoms with Crippen molar-refractivity contribution in [2.45, 2.75) is 19.3 Å². The number of nitrogens with zero attached hydrogens (tertiary/aromatic N) is 2. The Morgan fingerprint density at radius 2 is 1.96 bits per heavy atom. The summed E-state index contributed by atoms with van der Waals surface area (Å²) in [5.41, 5.74) is 4.77. The topological polar surface area (TPSA) is 53.3 Å². The Morgan fingerprint density at radius 3 is 2.75 bits per heavy atom. The Hall–Kier alpha value is -2.82. The summed E-state index contributed by atoms with van der Waals surface area (Å²) in [6.45, 7) is 0. The van der Waals surface area contributed by atoms with Crippen molar-refractivity contribution in [2.75, 3.05) is 14.2 Å². The van der Waals surface area contributed by atoms with Crippen molar-refractivity contribution in [1.29, 1.82) is 0 Å². The molecule has 0 bridgehead atoms. The molecule has 0 saturated carbocycles.